The van der Waals surface area contributed by atoms with Gasteiger partial charge >= 0.3 is 0 Å². The van der Waals surface area contributed by atoms with Crippen LogP contribution in [-0.4, -0.2) is 108 Å². The normalized spacial score (nSPS) is 25.1. The monoisotopic (exact) mass is 537 g/mol. The number of amides is 3. The van der Waals surface area contributed by atoms with E-state index < -0.39 is 30.4 Å². The van der Waals surface area contributed by atoms with E-state index in [0.29, 0.717) is 55.1 Å². The summed E-state index contributed by atoms with van der Waals surface area (Å²) in [5.41, 5.74) is 8.38. The Morgan fingerprint density at radius 3 is 2.72 bits per heavy atom. The molecule has 0 aliphatic carbocycles. The Labute approximate surface area is 221 Å². The molecule has 204 valence electrons. The van der Waals surface area contributed by atoms with Crippen molar-refractivity contribution in [2.45, 2.75) is 31.1 Å². The third-order valence-corrected chi connectivity index (χ3v) is 7.31. The summed E-state index contributed by atoms with van der Waals surface area (Å²) in [5.74, 6) is -0.677. The van der Waals surface area contributed by atoms with Crippen LogP contribution in [0.15, 0.2) is 30.9 Å². The van der Waals surface area contributed by atoms with E-state index in [4.69, 9.17) is 10.5 Å². The quantitative estimate of drug-likeness (QED) is 0.242. The van der Waals surface area contributed by atoms with Crippen LogP contribution in [0.25, 0.3) is 11.2 Å². The van der Waals surface area contributed by atoms with Crippen molar-refractivity contribution in [3.05, 3.63) is 42.0 Å². The van der Waals surface area contributed by atoms with Gasteiger partial charge in [-0.25, -0.2) is 15.0 Å². The number of rotatable bonds is 5. The molecule has 3 aliphatic heterocycles. The van der Waals surface area contributed by atoms with E-state index in [2.05, 4.69) is 25.6 Å². The van der Waals surface area contributed by atoms with Gasteiger partial charge in [0, 0.05) is 49.5 Å². The second-order valence-corrected chi connectivity index (χ2v) is 9.68. The van der Waals surface area contributed by atoms with E-state index in [1.54, 1.807) is 23.1 Å². The Morgan fingerprint density at radius 2 is 1.92 bits per heavy atom. The lowest BCUT2D eigenvalue weighted by molar-refractivity contribution is -0.150. The summed E-state index contributed by atoms with van der Waals surface area (Å²) >= 11 is 0. The molecule has 0 bridgehead atoms. The van der Waals surface area contributed by atoms with Gasteiger partial charge in [-0.1, -0.05) is 6.07 Å². The van der Waals surface area contributed by atoms with Gasteiger partial charge in [0.15, 0.2) is 23.8 Å². The zero-order valence-electron chi connectivity index (χ0n) is 20.7. The van der Waals surface area contributed by atoms with Crippen molar-refractivity contribution >= 4 is 40.4 Å². The van der Waals surface area contributed by atoms with Crippen LogP contribution in [0.2, 0.25) is 0 Å². The van der Waals surface area contributed by atoms with Crippen LogP contribution < -0.4 is 16.4 Å². The first-order valence-electron chi connectivity index (χ1n) is 12.5. The topological polar surface area (TPSA) is 201 Å². The first-order chi connectivity index (χ1) is 18.8. The van der Waals surface area contributed by atoms with E-state index in [1.807, 2.05) is 4.90 Å². The van der Waals surface area contributed by atoms with Crippen LogP contribution in [0.3, 0.4) is 0 Å². The minimum Gasteiger partial charge on any atom is -0.387 e. The van der Waals surface area contributed by atoms with Gasteiger partial charge < -0.3 is 36.2 Å². The summed E-state index contributed by atoms with van der Waals surface area (Å²) in [6.07, 6.45) is -2.62. The predicted octanol–water partition coefficient (Wildman–Crippen LogP) is -1.95. The van der Waals surface area contributed by atoms with Crippen molar-refractivity contribution in [1.29, 1.82) is 0 Å². The number of nitrogens with one attached hydrogen (secondary N) is 2. The molecule has 2 saturated heterocycles. The molecule has 15 nitrogen and oxygen atoms in total. The van der Waals surface area contributed by atoms with Crippen LogP contribution >= 0.6 is 0 Å². The number of hydrogen-bond acceptors (Lipinski definition) is 11. The molecule has 6 rings (SSSR count). The third-order valence-electron chi connectivity index (χ3n) is 7.31. The van der Waals surface area contributed by atoms with Gasteiger partial charge in [0.2, 0.25) is 5.91 Å². The van der Waals surface area contributed by atoms with Crippen LogP contribution in [0.5, 0.6) is 0 Å². The highest BCUT2D eigenvalue weighted by Crippen LogP contribution is 2.33. The molecule has 1 aromatic carbocycles. The standard InChI is InChI=1S/C24H27N9O6/c25-20-16-21(28-10-27-20)33(11-29-16)24-18(36)17(35)19(39-24)23(38)32-6-4-31(5-7-32)9-15(34)30-14-3-1-2-12-13(14)8-26-22(12)37/h1-3,10-11,17-19,24,35-36H,4-9H2,(H,26,37)(H,30,34)(H2,25,27,28)/t17-,18+,19+,24+/m1/s1. The molecule has 2 aromatic heterocycles. The first kappa shape index (κ1) is 25.1. The lowest BCUT2D eigenvalue weighted by atomic mass is 10.1. The number of aromatic nitrogens is 4. The summed E-state index contributed by atoms with van der Waals surface area (Å²) in [7, 11) is 0. The van der Waals surface area contributed by atoms with Crippen molar-refractivity contribution in [2.75, 3.05) is 43.8 Å². The van der Waals surface area contributed by atoms with Crippen LogP contribution in [-0.2, 0) is 20.9 Å². The molecule has 0 spiro atoms. The Kier molecular flexibility index (Phi) is 6.34. The molecular weight excluding hydrogens is 510 g/mol. The lowest BCUT2D eigenvalue weighted by Crippen LogP contribution is -2.54. The number of nitrogens with zero attached hydrogens (tertiary/aromatic N) is 6. The average molecular weight is 538 g/mol. The number of piperazine rings is 1. The van der Waals surface area contributed by atoms with E-state index in [-0.39, 0.29) is 24.2 Å². The lowest BCUT2D eigenvalue weighted by Gasteiger charge is -2.35. The molecule has 15 heteroatoms. The van der Waals surface area contributed by atoms with Gasteiger partial charge in [-0.3, -0.25) is 23.9 Å². The third kappa shape index (κ3) is 4.44. The Balaban J connectivity index is 1.05. The molecular formula is C24H27N9O6. The van der Waals surface area contributed by atoms with Crippen molar-refractivity contribution in [1.82, 2.24) is 34.6 Å². The van der Waals surface area contributed by atoms with Crippen molar-refractivity contribution in [2.24, 2.45) is 0 Å². The molecule has 5 heterocycles. The number of fused-ring (bicyclic) bond motifs is 2. The molecule has 3 aliphatic rings. The Morgan fingerprint density at radius 1 is 1.13 bits per heavy atom. The second kappa shape index (κ2) is 9.85. The maximum absolute atomic E-state index is 13.2. The summed E-state index contributed by atoms with van der Waals surface area (Å²) in [4.78, 5) is 53.4. The van der Waals surface area contributed by atoms with Crippen LogP contribution in [0, 0.1) is 0 Å². The highest BCUT2D eigenvalue weighted by Gasteiger charge is 2.49. The number of carbonyl (C=O) groups excluding carboxylic acids is 3. The second-order valence-electron chi connectivity index (χ2n) is 9.68. The molecule has 0 radical (unpaired) electrons. The number of benzene rings is 1. The zero-order chi connectivity index (χ0) is 27.3. The van der Waals surface area contributed by atoms with E-state index >= 15 is 0 Å². The summed E-state index contributed by atoms with van der Waals surface area (Å²) < 4.78 is 7.23. The van der Waals surface area contributed by atoms with Crippen LogP contribution in [0.1, 0.15) is 22.1 Å². The smallest absolute Gasteiger partial charge is 0.254 e. The van der Waals surface area contributed by atoms with Gasteiger partial charge in [-0.05, 0) is 12.1 Å². The summed E-state index contributed by atoms with van der Waals surface area (Å²) in [6, 6.07) is 5.21. The summed E-state index contributed by atoms with van der Waals surface area (Å²) in [6.45, 7) is 1.99. The van der Waals surface area contributed by atoms with Crippen LogP contribution in [0.4, 0.5) is 11.5 Å². The number of aliphatic hydroxyl groups excluding tert-OH is 2. The molecule has 0 unspecified atom stereocenters. The van der Waals surface area contributed by atoms with Crippen molar-refractivity contribution in [3.63, 3.8) is 0 Å². The molecule has 39 heavy (non-hydrogen) atoms. The minimum absolute atomic E-state index is 0.120. The highest BCUT2D eigenvalue weighted by molar-refractivity contribution is 6.02. The zero-order valence-corrected chi connectivity index (χ0v) is 20.7. The van der Waals surface area contributed by atoms with Gasteiger partial charge in [0.1, 0.15) is 24.1 Å². The largest absolute Gasteiger partial charge is 0.387 e. The Hall–Kier alpha value is -4.18. The molecule has 3 amide bonds. The number of ether oxygens (including phenoxy) is 1. The van der Waals surface area contributed by atoms with Gasteiger partial charge in [-0.2, -0.15) is 0 Å². The number of imidazole rings is 1. The van der Waals surface area contributed by atoms with Crippen molar-refractivity contribution in [3.8, 4) is 0 Å². The number of aliphatic hydroxyl groups is 2. The molecule has 0 saturated carbocycles. The maximum atomic E-state index is 13.2. The maximum Gasteiger partial charge on any atom is 0.254 e. The van der Waals surface area contributed by atoms with Crippen molar-refractivity contribution < 1.29 is 29.3 Å². The van der Waals surface area contributed by atoms with Gasteiger partial charge in [-0.15, -0.1) is 0 Å². The molecule has 2 fully saturated rings. The molecule has 4 atom stereocenters. The average Bonchev–Trinajstić information content (AvgIpc) is 3.61. The molecule has 6 N–H and O–H groups in total. The van der Waals surface area contributed by atoms with Gasteiger partial charge in [0.25, 0.3) is 11.8 Å². The van der Waals surface area contributed by atoms with E-state index in [0.717, 1.165) is 5.56 Å². The number of anilines is 2. The minimum atomic E-state index is -1.46. The number of nitrogens with two attached hydrogens (primary N) is 1. The Bertz CT molecular complexity index is 1450. The first-order valence-corrected chi connectivity index (χ1v) is 12.5. The van der Waals surface area contributed by atoms with E-state index in [1.165, 1.54) is 17.2 Å². The number of hydrogen-bond donors (Lipinski definition) is 5. The fourth-order valence-corrected chi connectivity index (χ4v) is 5.22. The fraction of sp³-hybridized carbons (Fsp3) is 0.417. The SMILES string of the molecule is Nc1ncnc2c1ncn2[C@H]1O[C@H](C(=O)N2CCN(CC(=O)Nc3cccc4c3CNC4=O)CC2)[C@H](O)[C@@H]1O. The number of carbonyl (C=O) groups is 3. The molecule has 3 aromatic rings. The van der Waals surface area contributed by atoms with E-state index in [9.17, 15) is 24.6 Å². The highest BCUT2D eigenvalue weighted by atomic mass is 16.6. The number of nitrogen functional groups attached to an aromatic ring is 1. The summed E-state index contributed by atoms with van der Waals surface area (Å²) in [5, 5.41) is 26.9. The fourth-order valence-electron chi connectivity index (χ4n) is 5.22. The van der Waals surface area contributed by atoms with Gasteiger partial charge in [0.05, 0.1) is 12.9 Å². The predicted molar refractivity (Wildman–Crippen MR) is 135 cm³/mol.